The highest BCUT2D eigenvalue weighted by Gasteiger charge is 2.22. The lowest BCUT2D eigenvalue weighted by molar-refractivity contribution is 0.0759. The average molecular weight is 1010 g/mol. The first-order chi connectivity index (χ1) is 37.0. The van der Waals surface area contributed by atoms with Crippen molar-refractivity contribution >= 4 is 55.9 Å². The van der Waals surface area contributed by atoms with Crippen molar-refractivity contribution in [3.63, 3.8) is 0 Å². The van der Waals surface area contributed by atoms with E-state index in [-0.39, 0.29) is 11.8 Å². The molecule has 7 heterocycles. The van der Waals surface area contributed by atoms with E-state index >= 15 is 0 Å². The van der Waals surface area contributed by atoms with Crippen molar-refractivity contribution in [1.82, 2.24) is 63.0 Å². The van der Waals surface area contributed by atoms with Crippen LogP contribution in [0.2, 0.25) is 0 Å². The lowest BCUT2D eigenvalue weighted by Gasteiger charge is -2.18. The Morgan fingerprint density at radius 2 is 0.697 bits per heavy atom. The highest BCUT2D eigenvalue weighted by atomic mass is 16.2. The van der Waals surface area contributed by atoms with Crippen molar-refractivity contribution in [2.45, 2.75) is 67.5 Å². The number of hydrogen-bond acceptors (Lipinski definition) is 9. The standard InChI is InChI=1S/C61H61N13O2/c1-9-71(10-2)60(75)46-22-16-18-42(63-46)56-65-48-34-38(24-28-52(48)69(56)7)32-40-26-30-54-50(36-40)67-58(73(54)13-5)44-20-15-21-45(62-44)59-68-51-37-41(27-31-55(51)74(59)14-6)33-39-25-29-53-49(35-39)66-57(70(53)8)43-19-17-23-47(64-43)61(76)72(11-3)12-4/h15-31,34-37H,9-14,32-33H2,1-8H3. The van der Waals surface area contributed by atoms with Crippen molar-refractivity contribution in [3.05, 3.63) is 161 Å². The van der Waals surface area contributed by atoms with E-state index in [0.717, 1.165) is 103 Å². The van der Waals surface area contributed by atoms with Crippen LogP contribution in [0, 0.1) is 0 Å². The number of carbonyl (C=O) groups excluding carboxylic acids is 2. The number of aryl methyl sites for hydroxylation is 4. The van der Waals surface area contributed by atoms with Crippen molar-refractivity contribution in [2.24, 2.45) is 14.1 Å². The smallest absolute Gasteiger partial charge is 0.272 e. The molecule has 0 radical (unpaired) electrons. The summed E-state index contributed by atoms with van der Waals surface area (Å²) in [5.74, 6) is 2.88. The van der Waals surface area contributed by atoms with Gasteiger partial charge in [0.05, 0.1) is 44.1 Å². The van der Waals surface area contributed by atoms with Gasteiger partial charge in [-0.05, 0) is 162 Å². The second kappa shape index (κ2) is 20.5. The third-order valence-corrected chi connectivity index (χ3v) is 14.7. The minimum atomic E-state index is -0.0807. The summed E-state index contributed by atoms with van der Waals surface area (Å²) >= 11 is 0. The summed E-state index contributed by atoms with van der Waals surface area (Å²) in [4.78, 5) is 65.0. The summed E-state index contributed by atoms with van der Waals surface area (Å²) in [5, 5.41) is 0. The van der Waals surface area contributed by atoms with Crippen LogP contribution in [0.1, 0.15) is 84.8 Å². The van der Waals surface area contributed by atoms with Gasteiger partial charge in [0.1, 0.15) is 34.2 Å². The molecule has 382 valence electrons. The first kappa shape index (κ1) is 49.4. The Kier molecular flexibility index (Phi) is 13.3. The van der Waals surface area contributed by atoms with Crippen molar-refractivity contribution < 1.29 is 9.59 Å². The molecule has 11 rings (SSSR count). The highest BCUT2D eigenvalue weighted by Crippen LogP contribution is 2.32. The molecular weight excluding hydrogens is 947 g/mol. The summed E-state index contributed by atoms with van der Waals surface area (Å²) in [7, 11) is 3.98. The van der Waals surface area contributed by atoms with Gasteiger partial charge in [0.25, 0.3) is 11.8 Å². The lowest BCUT2D eigenvalue weighted by atomic mass is 10.0. The van der Waals surface area contributed by atoms with Crippen molar-refractivity contribution in [2.75, 3.05) is 26.2 Å². The van der Waals surface area contributed by atoms with Gasteiger partial charge in [-0.15, -0.1) is 0 Å². The summed E-state index contributed by atoms with van der Waals surface area (Å²) in [6.45, 7) is 16.1. The molecule has 7 aromatic heterocycles. The van der Waals surface area contributed by atoms with Crippen LogP contribution in [-0.4, -0.2) is 101 Å². The predicted molar refractivity (Wildman–Crippen MR) is 301 cm³/mol. The van der Waals surface area contributed by atoms with Crippen LogP contribution >= 0.6 is 0 Å². The van der Waals surface area contributed by atoms with E-state index in [1.807, 2.05) is 93.4 Å². The molecule has 0 aliphatic carbocycles. The monoisotopic (exact) mass is 1010 g/mol. The third kappa shape index (κ3) is 8.94. The quantitative estimate of drug-likeness (QED) is 0.0921. The van der Waals surface area contributed by atoms with Gasteiger partial charge in [0.2, 0.25) is 0 Å². The van der Waals surface area contributed by atoms with Crippen molar-refractivity contribution in [1.29, 1.82) is 0 Å². The first-order valence-electron chi connectivity index (χ1n) is 26.4. The third-order valence-electron chi connectivity index (χ3n) is 14.7. The molecule has 0 aliphatic heterocycles. The van der Waals surface area contributed by atoms with Gasteiger partial charge in [0.15, 0.2) is 23.3 Å². The molecule has 0 saturated heterocycles. The van der Waals surface area contributed by atoms with Gasteiger partial charge in [-0.2, -0.15) is 0 Å². The van der Waals surface area contributed by atoms with Crippen LogP contribution in [0.5, 0.6) is 0 Å². The predicted octanol–water partition coefficient (Wildman–Crippen LogP) is 11.2. The average Bonchev–Trinajstić information content (AvgIpc) is 4.20. The Morgan fingerprint density at radius 3 is 1.05 bits per heavy atom. The zero-order valence-electron chi connectivity index (χ0n) is 44.4. The molecule has 0 fully saturated rings. The van der Waals surface area contributed by atoms with Crippen LogP contribution in [0.15, 0.2) is 127 Å². The van der Waals surface area contributed by atoms with Gasteiger partial charge in [-0.3, -0.25) is 9.59 Å². The summed E-state index contributed by atoms with van der Waals surface area (Å²) < 4.78 is 8.54. The fraction of sp³-hybridized carbons (Fsp3) is 0.262. The highest BCUT2D eigenvalue weighted by molar-refractivity contribution is 5.94. The maximum absolute atomic E-state index is 13.1. The van der Waals surface area contributed by atoms with Gasteiger partial charge in [0, 0.05) is 53.4 Å². The van der Waals surface area contributed by atoms with Crippen LogP contribution in [0.3, 0.4) is 0 Å². The normalized spacial score (nSPS) is 11.7. The number of amides is 2. The lowest BCUT2D eigenvalue weighted by Crippen LogP contribution is -2.31. The number of carbonyl (C=O) groups is 2. The number of aromatic nitrogens is 11. The van der Waals surface area contributed by atoms with Gasteiger partial charge >= 0.3 is 0 Å². The number of fused-ring (bicyclic) bond motifs is 4. The molecule has 0 saturated carbocycles. The summed E-state index contributed by atoms with van der Waals surface area (Å²) in [6.07, 6.45) is 1.41. The molecule has 0 spiro atoms. The SMILES string of the molecule is CCN(CC)C(=O)c1cccc(-c2nc3cc(Cc4ccc5c(c4)nc(-c4cccc(-c6nc7cc(Cc8ccc9c(c8)nc(-c8cccc(C(=O)N(CC)CC)n8)n9C)ccc7n6CC)n4)n5CC)ccc3n2C)n1. The second-order valence-corrected chi connectivity index (χ2v) is 19.2. The van der Waals surface area contributed by atoms with Crippen LogP contribution in [0.25, 0.3) is 90.2 Å². The van der Waals surface area contributed by atoms with E-state index in [1.165, 1.54) is 0 Å². The molecule has 15 nitrogen and oxygen atoms in total. The number of nitrogens with zero attached hydrogens (tertiary/aromatic N) is 13. The minimum absolute atomic E-state index is 0.0807. The van der Waals surface area contributed by atoms with Gasteiger partial charge in [-0.1, -0.05) is 42.5 Å². The van der Waals surface area contributed by atoms with E-state index in [4.69, 9.17) is 34.9 Å². The van der Waals surface area contributed by atoms with Gasteiger partial charge < -0.3 is 28.1 Å². The number of imidazole rings is 4. The Morgan fingerprint density at radius 1 is 0.382 bits per heavy atom. The molecule has 0 atom stereocenters. The number of benzene rings is 4. The summed E-state index contributed by atoms with van der Waals surface area (Å²) in [6, 6.07) is 43.1. The van der Waals surface area contributed by atoms with E-state index in [2.05, 4.69) is 95.8 Å². The molecule has 0 unspecified atom stereocenters. The largest absolute Gasteiger partial charge is 0.338 e. The van der Waals surface area contributed by atoms with Crippen LogP contribution in [-0.2, 0) is 40.0 Å². The zero-order chi connectivity index (χ0) is 52.8. The minimum Gasteiger partial charge on any atom is -0.338 e. The van der Waals surface area contributed by atoms with E-state index < -0.39 is 0 Å². The molecule has 4 aromatic carbocycles. The first-order valence-corrected chi connectivity index (χ1v) is 26.4. The van der Waals surface area contributed by atoms with Crippen LogP contribution < -0.4 is 0 Å². The zero-order valence-corrected chi connectivity index (χ0v) is 44.4. The molecule has 76 heavy (non-hydrogen) atoms. The van der Waals surface area contributed by atoms with E-state index in [9.17, 15) is 9.59 Å². The van der Waals surface area contributed by atoms with E-state index in [1.54, 1.807) is 21.9 Å². The number of pyridine rings is 3. The molecule has 0 N–H and O–H groups in total. The second-order valence-electron chi connectivity index (χ2n) is 19.2. The van der Waals surface area contributed by atoms with Gasteiger partial charge in [-0.25, -0.2) is 34.9 Å². The van der Waals surface area contributed by atoms with Crippen LogP contribution in [0.4, 0.5) is 0 Å². The fourth-order valence-corrected chi connectivity index (χ4v) is 10.6. The molecule has 0 aliphatic rings. The van der Waals surface area contributed by atoms with E-state index in [0.29, 0.717) is 73.4 Å². The van der Waals surface area contributed by atoms with Crippen molar-refractivity contribution in [3.8, 4) is 46.1 Å². The summed E-state index contributed by atoms with van der Waals surface area (Å²) in [5.41, 5.74) is 15.9. The molecular formula is C61H61N13O2. The topological polar surface area (TPSA) is 151 Å². The Hall–Kier alpha value is -8.85. The Bertz CT molecular complexity index is 3760. The molecule has 2 amide bonds. The maximum Gasteiger partial charge on any atom is 0.272 e. The molecule has 15 heteroatoms. The number of rotatable bonds is 16. The molecule has 11 aromatic rings. The maximum atomic E-state index is 13.1. The molecule has 0 bridgehead atoms. The fourth-order valence-electron chi connectivity index (χ4n) is 10.6. The number of hydrogen-bond donors (Lipinski definition) is 0. The Labute approximate surface area is 441 Å². The Balaban J connectivity index is 0.831.